The maximum absolute atomic E-state index is 2.63. The number of nitrogens with zero attached hydrogens (tertiary/aromatic N) is 2. The number of hydrogen-bond acceptors (Lipinski definition) is 2. The molecule has 0 saturated heterocycles. The topological polar surface area (TPSA) is 8.17 Å². The Bertz CT molecular complexity index is 629. The van der Waals surface area contributed by atoms with Crippen LogP contribution in [-0.4, -0.2) is 35.4 Å². The molecule has 0 N–H and O–H groups in total. The fourth-order valence-corrected chi connectivity index (χ4v) is 4.55. The van der Waals surface area contributed by atoms with Gasteiger partial charge in [-0.2, -0.15) is 11.8 Å². The molecule has 3 heteroatoms. The fourth-order valence-electron chi connectivity index (χ4n) is 3.54. The lowest BCUT2D eigenvalue weighted by Crippen LogP contribution is -2.28. The van der Waals surface area contributed by atoms with Crippen molar-refractivity contribution in [3.05, 3.63) is 35.0 Å². The summed E-state index contributed by atoms with van der Waals surface area (Å²) in [5.74, 6) is 2.49. The molecule has 0 aliphatic carbocycles. The maximum Gasteiger partial charge on any atom is 0.0519 e. The molecule has 4 rings (SSSR count). The minimum Gasteiger partial charge on any atom is -0.343 e. The van der Waals surface area contributed by atoms with Crippen molar-refractivity contribution in [2.45, 2.75) is 25.1 Å². The monoisotopic (exact) mass is 272 g/mol. The molecule has 100 valence electrons. The molecule has 1 aromatic carbocycles. The van der Waals surface area contributed by atoms with E-state index >= 15 is 0 Å². The number of para-hydroxylation sites is 1. The molecular formula is C16H20N2S. The third-order valence-corrected chi connectivity index (χ3v) is 5.57. The molecule has 0 amide bonds. The second-order valence-electron chi connectivity index (χ2n) is 5.75. The minimum absolute atomic E-state index is 1.16. The van der Waals surface area contributed by atoms with Crippen LogP contribution in [0.3, 0.4) is 0 Å². The zero-order valence-electron chi connectivity index (χ0n) is 11.5. The van der Waals surface area contributed by atoms with E-state index in [1.165, 1.54) is 42.8 Å². The summed E-state index contributed by atoms with van der Waals surface area (Å²) in [6.45, 7) is 3.52. The molecule has 3 heterocycles. The smallest absolute Gasteiger partial charge is 0.0519 e. The van der Waals surface area contributed by atoms with Crippen LogP contribution in [0.2, 0.25) is 0 Å². The highest BCUT2D eigenvalue weighted by atomic mass is 32.2. The summed E-state index contributed by atoms with van der Waals surface area (Å²) in [5, 5.41) is 1.53. The fraction of sp³-hybridized carbons (Fsp3) is 0.500. The summed E-state index contributed by atoms with van der Waals surface area (Å²) in [6, 6.07) is 6.92. The van der Waals surface area contributed by atoms with Crippen LogP contribution in [-0.2, 0) is 25.1 Å². The third-order valence-electron chi connectivity index (χ3n) is 4.59. The van der Waals surface area contributed by atoms with E-state index in [1.54, 1.807) is 22.3 Å². The summed E-state index contributed by atoms with van der Waals surface area (Å²) < 4.78 is 2.63. The summed E-state index contributed by atoms with van der Waals surface area (Å²) in [4.78, 5) is 2.46. The highest BCUT2D eigenvalue weighted by Gasteiger charge is 2.22. The van der Waals surface area contributed by atoms with Crippen molar-refractivity contribution in [1.29, 1.82) is 0 Å². The normalized spacial score (nSPS) is 20.1. The second-order valence-corrected chi connectivity index (χ2v) is 6.85. The molecule has 0 spiro atoms. The first-order chi connectivity index (χ1) is 9.34. The Morgan fingerprint density at radius 3 is 3.00 bits per heavy atom. The van der Waals surface area contributed by atoms with Crippen LogP contribution in [0, 0.1) is 0 Å². The second kappa shape index (κ2) is 4.57. The molecule has 19 heavy (non-hydrogen) atoms. The van der Waals surface area contributed by atoms with Gasteiger partial charge in [0.1, 0.15) is 0 Å². The lowest BCUT2D eigenvalue weighted by Gasteiger charge is -2.23. The van der Waals surface area contributed by atoms with Crippen LogP contribution >= 0.6 is 11.8 Å². The Kier molecular flexibility index (Phi) is 2.85. The molecule has 0 unspecified atom stereocenters. The van der Waals surface area contributed by atoms with Gasteiger partial charge < -0.3 is 9.47 Å². The van der Waals surface area contributed by atoms with Crippen molar-refractivity contribution < 1.29 is 0 Å². The average molecular weight is 272 g/mol. The van der Waals surface area contributed by atoms with Gasteiger partial charge in [-0.05, 0) is 36.8 Å². The SMILES string of the molecule is CN1CCc2cccc3c4c(n(c23)CC1)CCSC4. The van der Waals surface area contributed by atoms with Gasteiger partial charge in [0.15, 0.2) is 0 Å². The molecule has 0 fully saturated rings. The molecule has 2 aromatic rings. The molecule has 2 nitrogen and oxygen atoms in total. The highest BCUT2D eigenvalue weighted by molar-refractivity contribution is 7.98. The van der Waals surface area contributed by atoms with Gasteiger partial charge in [0, 0.05) is 36.5 Å². The van der Waals surface area contributed by atoms with Gasteiger partial charge in [-0.25, -0.2) is 0 Å². The number of fused-ring (bicyclic) bond motifs is 3. The van der Waals surface area contributed by atoms with Crippen molar-refractivity contribution in [3.63, 3.8) is 0 Å². The maximum atomic E-state index is 2.63. The van der Waals surface area contributed by atoms with E-state index in [4.69, 9.17) is 0 Å². The molecule has 0 radical (unpaired) electrons. The summed E-state index contributed by atoms with van der Waals surface area (Å²) in [7, 11) is 2.25. The molecule has 2 aliphatic heterocycles. The quantitative estimate of drug-likeness (QED) is 0.728. The van der Waals surface area contributed by atoms with Crippen LogP contribution < -0.4 is 0 Å². The molecular weight excluding hydrogens is 252 g/mol. The van der Waals surface area contributed by atoms with E-state index in [0.717, 1.165) is 6.54 Å². The van der Waals surface area contributed by atoms with Gasteiger partial charge in [-0.3, -0.25) is 0 Å². The first kappa shape index (κ1) is 11.9. The lowest BCUT2D eigenvalue weighted by atomic mass is 10.1. The first-order valence-corrected chi connectivity index (χ1v) is 8.38. The van der Waals surface area contributed by atoms with Crippen molar-refractivity contribution in [2.75, 3.05) is 25.9 Å². The molecule has 2 aliphatic rings. The van der Waals surface area contributed by atoms with E-state index in [9.17, 15) is 0 Å². The number of thioether (sulfide) groups is 1. The lowest BCUT2D eigenvalue weighted by molar-refractivity contribution is 0.318. The number of rotatable bonds is 0. The van der Waals surface area contributed by atoms with Crippen molar-refractivity contribution in [2.24, 2.45) is 0 Å². The van der Waals surface area contributed by atoms with Crippen molar-refractivity contribution in [3.8, 4) is 0 Å². The van der Waals surface area contributed by atoms with Gasteiger partial charge in [0.2, 0.25) is 0 Å². The predicted octanol–water partition coefficient (Wildman–Crippen LogP) is 2.92. The van der Waals surface area contributed by atoms with Gasteiger partial charge in [-0.15, -0.1) is 0 Å². The zero-order chi connectivity index (χ0) is 12.8. The Balaban J connectivity index is 2.01. The number of hydrogen-bond donors (Lipinski definition) is 0. The Morgan fingerprint density at radius 2 is 2.05 bits per heavy atom. The van der Waals surface area contributed by atoms with E-state index in [-0.39, 0.29) is 0 Å². The zero-order valence-corrected chi connectivity index (χ0v) is 12.3. The predicted molar refractivity (Wildman–Crippen MR) is 83.0 cm³/mol. The van der Waals surface area contributed by atoms with Crippen LogP contribution in [0.1, 0.15) is 16.8 Å². The number of benzene rings is 1. The number of likely N-dealkylation sites (N-methyl/N-ethyl adjacent to an activating group) is 1. The molecule has 0 atom stereocenters. The molecule has 0 bridgehead atoms. The Hall–Kier alpha value is -0.930. The standard InChI is InChI=1S/C16H20N2S/c1-17-7-5-12-3-2-4-13-14-11-19-10-6-15(14)18(9-8-17)16(12)13/h2-4H,5-11H2,1H3. The Labute approximate surface area is 118 Å². The third kappa shape index (κ3) is 1.83. The highest BCUT2D eigenvalue weighted by Crippen LogP contribution is 2.36. The van der Waals surface area contributed by atoms with E-state index < -0.39 is 0 Å². The summed E-state index contributed by atoms with van der Waals surface area (Å²) in [6.07, 6.45) is 2.43. The first-order valence-electron chi connectivity index (χ1n) is 7.23. The summed E-state index contributed by atoms with van der Waals surface area (Å²) in [5.41, 5.74) is 6.33. The summed E-state index contributed by atoms with van der Waals surface area (Å²) >= 11 is 2.09. The molecule has 0 saturated carbocycles. The van der Waals surface area contributed by atoms with Gasteiger partial charge >= 0.3 is 0 Å². The largest absolute Gasteiger partial charge is 0.343 e. The van der Waals surface area contributed by atoms with Crippen LogP contribution in [0.25, 0.3) is 10.9 Å². The van der Waals surface area contributed by atoms with Gasteiger partial charge in [-0.1, -0.05) is 18.2 Å². The van der Waals surface area contributed by atoms with Crippen molar-refractivity contribution in [1.82, 2.24) is 9.47 Å². The van der Waals surface area contributed by atoms with E-state index in [0.29, 0.717) is 0 Å². The Morgan fingerprint density at radius 1 is 1.11 bits per heavy atom. The van der Waals surface area contributed by atoms with Gasteiger partial charge in [0.25, 0.3) is 0 Å². The molecule has 1 aromatic heterocycles. The van der Waals surface area contributed by atoms with E-state index in [2.05, 4.69) is 46.5 Å². The van der Waals surface area contributed by atoms with Crippen LogP contribution in [0.4, 0.5) is 0 Å². The minimum atomic E-state index is 1.16. The van der Waals surface area contributed by atoms with Crippen molar-refractivity contribution >= 4 is 22.7 Å². The van der Waals surface area contributed by atoms with Gasteiger partial charge in [0.05, 0.1) is 5.52 Å². The number of aromatic nitrogens is 1. The average Bonchev–Trinajstić information content (AvgIpc) is 2.76. The van der Waals surface area contributed by atoms with E-state index in [1.807, 2.05) is 0 Å². The van der Waals surface area contributed by atoms with Crippen LogP contribution in [0.5, 0.6) is 0 Å². The van der Waals surface area contributed by atoms with Crippen LogP contribution in [0.15, 0.2) is 18.2 Å².